The number of nitrogens with zero attached hydrogens (tertiary/aromatic N) is 1. The van der Waals surface area contributed by atoms with Crippen LogP contribution in [0, 0.1) is 13.8 Å². The molecule has 218 valence electrons. The van der Waals surface area contributed by atoms with Crippen molar-refractivity contribution in [1.82, 2.24) is 0 Å². The van der Waals surface area contributed by atoms with Crippen molar-refractivity contribution in [2.75, 3.05) is 4.90 Å². The molecule has 1 aliphatic heterocycles. The predicted octanol–water partition coefficient (Wildman–Crippen LogP) is 7.07. The molecule has 0 aliphatic carbocycles. The summed E-state index contributed by atoms with van der Waals surface area (Å²) in [4.78, 5) is 41.2. The average Bonchev–Trinajstić information content (AvgIpc) is 3.26. The Labute approximate surface area is 251 Å². The second-order valence-corrected chi connectivity index (χ2v) is 10.8. The highest BCUT2D eigenvalue weighted by molar-refractivity contribution is 6.51. The third-order valence-corrected chi connectivity index (χ3v) is 7.19. The number of ether oxygens (including phenoxy) is 2. The first kappa shape index (κ1) is 29.3. The van der Waals surface area contributed by atoms with Crippen LogP contribution in [0.15, 0.2) is 103 Å². The lowest BCUT2D eigenvalue weighted by molar-refractivity contribution is -0.132. The molecule has 7 heteroatoms. The van der Waals surface area contributed by atoms with Gasteiger partial charge in [-0.15, -0.1) is 0 Å². The van der Waals surface area contributed by atoms with Crippen molar-refractivity contribution >= 4 is 29.1 Å². The van der Waals surface area contributed by atoms with Crippen LogP contribution < -0.4 is 9.64 Å². The summed E-state index contributed by atoms with van der Waals surface area (Å²) in [5, 5.41) is 11.6. The molecule has 1 unspecified atom stereocenters. The van der Waals surface area contributed by atoms with Crippen LogP contribution in [0.4, 0.5) is 5.69 Å². The van der Waals surface area contributed by atoms with Gasteiger partial charge in [0.15, 0.2) is 0 Å². The lowest BCUT2D eigenvalue weighted by Crippen LogP contribution is -2.29. The van der Waals surface area contributed by atoms with E-state index in [2.05, 4.69) is 0 Å². The first-order valence-electron chi connectivity index (χ1n) is 14.1. The highest BCUT2D eigenvalue weighted by Gasteiger charge is 2.47. The van der Waals surface area contributed by atoms with Gasteiger partial charge in [0.1, 0.15) is 18.1 Å². The first-order valence-corrected chi connectivity index (χ1v) is 14.1. The maximum absolute atomic E-state index is 13.6. The van der Waals surface area contributed by atoms with Gasteiger partial charge in [0.05, 0.1) is 23.3 Å². The molecule has 4 aromatic carbocycles. The summed E-state index contributed by atoms with van der Waals surface area (Å²) in [5.41, 5.74) is 4.29. The molecule has 7 nitrogen and oxygen atoms in total. The van der Waals surface area contributed by atoms with Crippen LogP contribution in [-0.2, 0) is 20.9 Å². The van der Waals surface area contributed by atoms with E-state index in [4.69, 9.17) is 9.47 Å². The number of benzene rings is 4. The van der Waals surface area contributed by atoms with Gasteiger partial charge in [-0.3, -0.25) is 14.5 Å². The summed E-state index contributed by atoms with van der Waals surface area (Å²) in [7, 11) is 0. The molecule has 0 radical (unpaired) electrons. The minimum Gasteiger partial charge on any atom is -0.507 e. The van der Waals surface area contributed by atoms with Gasteiger partial charge < -0.3 is 14.6 Å². The number of Topliss-reactive ketones (excluding diaryl/α,β-unsaturated/α-hetero) is 1. The molecule has 1 heterocycles. The number of aryl methyl sites for hydroxylation is 2. The van der Waals surface area contributed by atoms with Gasteiger partial charge in [-0.2, -0.15) is 0 Å². The van der Waals surface area contributed by atoms with E-state index in [1.54, 1.807) is 50.2 Å². The molecule has 4 aromatic rings. The van der Waals surface area contributed by atoms with Gasteiger partial charge >= 0.3 is 5.97 Å². The van der Waals surface area contributed by atoms with Crippen LogP contribution in [0.1, 0.15) is 58.1 Å². The first-order chi connectivity index (χ1) is 20.6. The molecule has 1 N–H and O–H groups in total. The number of rotatable bonds is 8. The van der Waals surface area contributed by atoms with Crippen LogP contribution >= 0.6 is 0 Å². The molecule has 0 spiro atoms. The molecule has 0 saturated carbocycles. The highest BCUT2D eigenvalue weighted by atomic mass is 16.5. The van der Waals surface area contributed by atoms with Crippen LogP contribution in [0.2, 0.25) is 0 Å². The molecule has 5 rings (SSSR count). The van der Waals surface area contributed by atoms with Gasteiger partial charge in [0.25, 0.3) is 11.7 Å². The van der Waals surface area contributed by atoms with E-state index in [0.29, 0.717) is 29.2 Å². The summed E-state index contributed by atoms with van der Waals surface area (Å²) >= 11 is 0. The summed E-state index contributed by atoms with van der Waals surface area (Å²) < 4.78 is 11.3. The maximum atomic E-state index is 13.6. The summed E-state index contributed by atoms with van der Waals surface area (Å²) in [6, 6.07) is 27.9. The van der Waals surface area contributed by atoms with E-state index in [1.807, 2.05) is 68.4 Å². The zero-order valence-corrected chi connectivity index (χ0v) is 24.5. The minimum atomic E-state index is -0.925. The van der Waals surface area contributed by atoms with Crippen LogP contribution in [-0.4, -0.2) is 28.9 Å². The van der Waals surface area contributed by atoms with Crippen molar-refractivity contribution in [2.45, 2.75) is 46.4 Å². The Morgan fingerprint density at radius 1 is 0.860 bits per heavy atom. The summed E-state index contributed by atoms with van der Waals surface area (Å²) in [5.74, 6) is -1.81. The fourth-order valence-corrected chi connectivity index (χ4v) is 5.17. The minimum absolute atomic E-state index is 0.0388. The highest BCUT2D eigenvalue weighted by Crippen LogP contribution is 2.43. The van der Waals surface area contributed by atoms with Crippen LogP contribution in [0.3, 0.4) is 0 Å². The largest absolute Gasteiger partial charge is 0.507 e. The molecule has 1 saturated heterocycles. The van der Waals surface area contributed by atoms with Gasteiger partial charge in [-0.05, 0) is 80.8 Å². The zero-order chi connectivity index (χ0) is 30.7. The van der Waals surface area contributed by atoms with Crippen molar-refractivity contribution < 1.29 is 29.0 Å². The smallest absolute Gasteiger partial charge is 0.338 e. The van der Waals surface area contributed by atoms with E-state index < -0.39 is 23.7 Å². The van der Waals surface area contributed by atoms with E-state index in [-0.39, 0.29) is 23.0 Å². The van der Waals surface area contributed by atoms with Crippen molar-refractivity contribution in [3.63, 3.8) is 0 Å². The summed E-state index contributed by atoms with van der Waals surface area (Å²) in [6.07, 6.45) is -0.323. The number of carbonyl (C=O) groups is 3. The Balaban J connectivity index is 1.56. The van der Waals surface area contributed by atoms with Crippen LogP contribution in [0.25, 0.3) is 5.76 Å². The number of aliphatic hydroxyl groups excluding tert-OH is 1. The van der Waals surface area contributed by atoms with Crippen molar-refractivity contribution in [1.29, 1.82) is 0 Å². The zero-order valence-electron chi connectivity index (χ0n) is 24.5. The normalized spacial score (nSPS) is 16.0. The van der Waals surface area contributed by atoms with Crippen molar-refractivity contribution in [3.05, 3.63) is 136 Å². The molecule has 1 amide bonds. The standard InChI is InChI=1S/C36H33NO6/c1-22(2)43-36(41)28-14-9-15-29(20-28)37-32(26-13-8-10-23(3)18-26)31(34(39)35(37)40)33(38)27-16-17-30(24(4)19-27)42-21-25-11-6-5-7-12-25/h5-20,22,32,38H,21H2,1-4H3/b33-31+. The van der Waals surface area contributed by atoms with Crippen molar-refractivity contribution in [3.8, 4) is 5.75 Å². The van der Waals surface area contributed by atoms with Crippen molar-refractivity contribution in [2.24, 2.45) is 0 Å². The van der Waals surface area contributed by atoms with Gasteiger partial charge in [-0.25, -0.2) is 4.79 Å². The molecular weight excluding hydrogens is 542 g/mol. The third kappa shape index (κ3) is 6.21. The number of anilines is 1. The SMILES string of the molecule is Cc1cccc(C2/C(=C(\O)c3ccc(OCc4ccccc4)c(C)c3)C(=O)C(=O)N2c2cccc(C(=O)OC(C)C)c2)c1. The van der Waals surface area contributed by atoms with E-state index in [0.717, 1.165) is 16.7 Å². The number of hydrogen-bond donors (Lipinski definition) is 1. The molecule has 0 bridgehead atoms. The lowest BCUT2D eigenvalue weighted by Gasteiger charge is -2.26. The number of ketones is 1. The number of hydrogen-bond acceptors (Lipinski definition) is 6. The number of carbonyl (C=O) groups excluding carboxylic acids is 3. The van der Waals surface area contributed by atoms with E-state index >= 15 is 0 Å². The second kappa shape index (κ2) is 12.4. The quantitative estimate of drug-likeness (QED) is 0.105. The Morgan fingerprint density at radius 2 is 1.60 bits per heavy atom. The fraction of sp³-hybridized carbons (Fsp3) is 0.194. The average molecular weight is 576 g/mol. The molecular formula is C36H33NO6. The molecule has 43 heavy (non-hydrogen) atoms. The maximum Gasteiger partial charge on any atom is 0.338 e. The van der Waals surface area contributed by atoms with Gasteiger partial charge in [0.2, 0.25) is 0 Å². The molecule has 0 aromatic heterocycles. The number of esters is 1. The van der Waals surface area contributed by atoms with Gasteiger partial charge in [0, 0.05) is 11.3 Å². The third-order valence-electron chi connectivity index (χ3n) is 7.19. The second-order valence-electron chi connectivity index (χ2n) is 10.8. The topological polar surface area (TPSA) is 93.1 Å². The van der Waals surface area contributed by atoms with E-state index in [1.165, 1.54) is 11.0 Å². The Bertz CT molecular complexity index is 1720. The number of aliphatic hydroxyl groups is 1. The molecule has 1 atom stereocenters. The fourth-order valence-electron chi connectivity index (χ4n) is 5.17. The number of amides is 1. The monoisotopic (exact) mass is 575 g/mol. The van der Waals surface area contributed by atoms with Gasteiger partial charge in [-0.1, -0.05) is 66.2 Å². The lowest BCUT2D eigenvalue weighted by atomic mass is 9.93. The Morgan fingerprint density at radius 3 is 2.30 bits per heavy atom. The molecule has 1 aliphatic rings. The predicted molar refractivity (Wildman–Crippen MR) is 165 cm³/mol. The Hall–Kier alpha value is -5.17. The molecule has 1 fully saturated rings. The van der Waals surface area contributed by atoms with E-state index in [9.17, 15) is 19.5 Å². The van der Waals surface area contributed by atoms with Crippen LogP contribution in [0.5, 0.6) is 5.75 Å². The summed E-state index contributed by atoms with van der Waals surface area (Å²) in [6.45, 7) is 7.66. The Kier molecular flexibility index (Phi) is 8.44.